The molecule has 0 atom stereocenters. The van der Waals surface area contributed by atoms with Crippen molar-refractivity contribution < 1.29 is 45.0 Å². The molecular weight excluding hydrogens is 1110 g/mol. The fourth-order valence-corrected chi connectivity index (χ4v) is 7.85. The van der Waals surface area contributed by atoms with E-state index in [1.807, 2.05) is 0 Å². The van der Waals surface area contributed by atoms with Crippen LogP contribution < -0.4 is 33.1 Å². The Kier molecular flexibility index (Phi) is 16.3. The highest BCUT2D eigenvalue weighted by atomic mass is 35.5. The molecule has 26 nitrogen and oxygen atoms in total. The summed E-state index contributed by atoms with van der Waals surface area (Å²) in [6.45, 7) is 4.90. The Labute approximate surface area is 453 Å². The number of carbonyl (C=O) groups excluding carboxylic acids is 2. The van der Waals surface area contributed by atoms with Crippen LogP contribution in [0, 0.1) is 27.7 Å². The molecule has 420 valence electrons. The van der Waals surface area contributed by atoms with E-state index in [0.717, 1.165) is 25.8 Å². The summed E-state index contributed by atoms with van der Waals surface area (Å²) in [5.74, 6) is 0.775. The van der Waals surface area contributed by atoms with Gasteiger partial charge in [0.1, 0.15) is 37.1 Å². The molecule has 0 fully saturated rings. The molecule has 81 heavy (non-hydrogen) atoms. The number of alkyl halides is 7. The van der Waals surface area contributed by atoms with Crippen molar-refractivity contribution in [2.75, 3.05) is 10.6 Å². The van der Waals surface area contributed by atoms with Crippen molar-refractivity contribution in [3.05, 3.63) is 161 Å². The lowest BCUT2D eigenvalue weighted by Gasteiger charge is -2.12. The van der Waals surface area contributed by atoms with Crippen LogP contribution in [-0.2, 0) is 61.6 Å². The van der Waals surface area contributed by atoms with Gasteiger partial charge in [0.15, 0.2) is 34.0 Å². The van der Waals surface area contributed by atoms with Crippen LogP contribution in [0.2, 0.25) is 0 Å². The lowest BCUT2D eigenvalue weighted by Crippen LogP contribution is -2.40. The monoisotopic (exact) mass is 1150 g/mol. The maximum Gasteiger partial charge on any atom is 0.418 e. The van der Waals surface area contributed by atoms with Crippen molar-refractivity contribution in [1.29, 1.82) is 0 Å². The number of nitrogens with zero attached hydrogens (tertiary/aromatic N) is 15. The maximum atomic E-state index is 13.3. The predicted molar refractivity (Wildman–Crippen MR) is 273 cm³/mol. The third-order valence-corrected chi connectivity index (χ3v) is 11.8. The number of hydrogen-bond acceptors (Lipinski definition) is 18. The summed E-state index contributed by atoms with van der Waals surface area (Å²) in [5, 5.41) is 12.3. The first-order valence-electron chi connectivity index (χ1n) is 23.3. The molecular formula is C48H41ClF6N18O8. The van der Waals surface area contributed by atoms with E-state index in [1.54, 1.807) is 13.8 Å². The Morgan fingerprint density at radius 3 is 1.56 bits per heavy atom. The molecule has 0 aliphatic rings. The lowest BCUT2D eigenvalue weighted by molar-refractivity contribution is -0.139. The van der Waals surface area contributed by atoms with Gasteiger partial charge < -0.3 is 28.8 Å². The Bertz CT molecular complexity index is 4270. The minimum absolute atomic E-state index is 0.0133. The number of amides is 2. The number of nitrogens with one attached hydrogen (secondary N) is 3. The number of halogens is 7. The summed E-state index contributed by atoms with van der Waals surface area (Å²) < 4.78 is 94.9. The van der Waals surface area contributed by atoms with E-state index in [4.69, 9.17) is 16.1 Å². The van der Waals surface area contributed by atoms with Gasteiger partial charge >= 0.3 is 23.7 Å². The number of imidazole rings is 2. The first-order chi connectivity index (χ1) is 38.3. The van der Waals surface area contributed by atoms with E-state index in [0.29, 0.717) is 23.4 Å². The summed E-state index contributed by atoms with van der Waals surface area (Å²) in [4.78, 5) is 109. The van der Waals surface area contributed by atoms with Gasteiger partial charge in [0.2, 0.25) is 23.6 Å². The van der Waals surface area contributed by atoms with Gasteiger partial charge in [0, 0.05) is 49.0 Å². The second kappa shape index (κ2) is 23.1. The second-order valence-electron chi connectivity index (χ2n) is 17.4. The van der Waals surface area contributed by atoms with Crippen LogP contribution in [0.15, 0.2) is 102 Å². The topological polar surface area (TPSA) is 322 Å². The summed E-state index contributed by atoms with van der Waals surface area (Å²) in [6, 6.07) is 10.8. The van der Waals surface area contributed by atoms with Crippen molar-refractivity contribution in [2.24, 2.45) is 14.1 Å². The van der Waals surface area contributed by atoms with E-state index in [-0.39, 0.29) is 93.4 Å². The molecule has 2 amide bonds. The number of aromatic nitrogens is 16. The molecule has 0 aliphatic carbocycles. The average Bonchev–Trinajstić information content (AvgIpc) is 4.05. The zero-order chi connectivity index (χ0) is 58.7. The highest BCUT2D eigenvalue weighted by molar-refractivity contribution is 6.16. The van der Waals surface area contributed by atoms with Crippen LogP contribution >= 0.6 is 11.6 Å². The standard InChI is InChI=1S/C24H20F3N9O4.C20H16F3N7O3.C4H5ClN2O/c1-12-15(24(25,26)27)7-14(8-28-12)16-5-4-6-17(31-16)32-18(37)9-35-11-29-21-20(35)22(38)36(23(39)34(21)3)10-19-30-13(2)33-40-19;1-10-12(20(21,22)23)6-11(7-24-10)13-4-3-5-14(26-13)27-15(31)8-30-9-25-17-16(30)18(32)28-19(33)29(17)2;1-3-6-4(2-5)8-7-3/h4-8,11H,9-10H2,1-3H3,(H,31,32,37);3-7,9H,8H2,1-2H3,(H,26,27,31)(H,28,32,33);2H2,1H3. The van der Waals surface area contributed by atoms with Gasteiger partial charge in [0.25, 0.3) is 11.1 Å². The maximum absolute atomic E-state index is 13.3. The highest BCUT2D eigenvalue weighted by Crippen LogP contribution is 2.35. The van der Waals surface area contributed by atoms with E-state index >= 15 is 0 Å². The minimum atomic E-state index is -4.58. The number of pyridine rings is 4. The molecule has 3 N–H and O–H groups in total. The van der Waals surface area contributed by atoms with Crippen molar-refractivity contribution in [2.45, 2.75) is 65.6 Å². The SMILES string of the molecule is Cc1ncc(-c2cccc(NC(=O)Cn3cnc4c3c(=O)[nH]c(=O)n4C)n2)cc1C(F)(F)F.Cc1noc(CCl)n1.Cc1noc(Cn2c(=O)c3c(ncn3CC(=O)Nc3cccc(-c4cnc(C)c(C(F)(F)F)c4)n3)n(C)c2=O)n1. The van der Waals surface area contributed by atoms with E-state index in [2.05, 4.69) is 70.3 Å². The second-order valence-corrected chi connectivity index (χ2v) is 17.6. The number of rotatable bonds is 11. The molecule has 0 aliphatic heterocycles. The van der Waals surface area contributed by atoms with Crippen LogP contribution in [0.1, 0.15) is 45.9 Å². The number of carbonyl (C=O) groups is 2. The van der Waals surface area contributed by atoms with Gasteiger partial charge in [0.05, 0.1) is 35.2 Å². The van der Waals surface area contributed by atoms with Gasteiger partial charge in [-0.3, -0.25) is 43.3 Å². The molecule has 0 saturated carbocycles. The number of hydrogen-bond donors (Lipinski definition) is 3. The van der Waals surface area contributed by atoms with E-state index < -0.39 is 57.8 Å². The Morgan fingerprint density at radius 2 is 1.11 bits per heavy atom. The fraction of sp³-hybridized carbons (Fsp3) is 0.250. The number of H-pyrrole nitrogens is 1. The zero-order valence-corrected chi connectivity index (χ0v) is 43.6. The third-order valence-electron chi connectivity index (χ3n) is 11.6. The number of aromatic amines is 1. The molecule has 0 aromatic carbocycles. The summed E-state index contributed by atoms with van der Waals surface area (Å²) in [5.41, 5.74) is -3.98. The average molecular weight is 1150 g/mol. The number of anilines is 2. The van der Waals surface area contributed by atoms with Crippen molar-refractivity contribution in [3.63, 3.8) is 0 Å². The molecule has 10 heterocycles. The first-order valence-corrected chi connectivity index (χ1v) is 23.9. The first kappa shape index (κ1) is 57.2. The third kappa shape index (κ3) is 13.0. The largest absolute Gasteiger partial charge is 0.418 e. The quantitative estimate of drug-likeness (QED) is 0.113. The minimum Gasteiger partial charge on any atom is -0.338 e. The molecule has 0 radical (unpaired) electrons. The number of aryl methyl sites for hydroxylation is 6. The molecule has 10 aromatic heterocycles. The molecule has 0 saturated heterocycles. The zero-order valence-electron chi connectivity index (χ0n) is 42.9. The van der Waals surface area contributed by atoms with Gasteiger partial charge in [-0.15, -0.1) is 11.6 Å². The summed E-state index contributed by atoms with van der Waals surface area (Å²) >= 11 is 5.34. The Balaban J connectivity index is 0.000000189. The van der Waals surface area contributed by atoms with E-state index in [9.17, 15) is 55.1 Å². The molecule has 10 aromatic rings. The summed E-state index contributed by atoms with van der Waals surface area (Å²) in [6.07, 6.45) is -4.12. The molecule has 33 heteroatoms. The smallest absolute Gasteiger partial charge is 0.338 e. The van der Waals surface area contributed by atoms with Gasteiger partial charge in [-0.25, -0.2) is 34.1 Å². The van der Waals surface area contributed by atoms with Crippen molar-refractivity contribution in [3.8, 4) is 22.5 Å². The highest BCUT2D eigenvalue weighted by Gasteiger charge is 2.34. The van der Waals surface area contributed by atoms with Gasteiger partial charge in [-0.1, -0.05) is 22.4 Å². The van der Waals surface area contributed by atoms with Crippen LogP contribution in [0.3, 0.4) is 0 Å². The van der Waals surface area contributed by atoms with Crippen molar-refractivity contribution >= 4 is 57.4 Å². The fourth-order valence-electron chi connectivity index (χ4n) is 7.75. The normalized spacial score (nSPS) is 11.5. The van der Waals surface area contributed by atoms with Gasteiger partial charge in [-0.2, -0.15) is 36.3 Å². The van der Waals surface area contributed by atoms with Crippen LogP contribution in [0.25, 0.3) is 44.8 Å². The van der Waals surface area contributed by atoms with E-state index in [1.165, 1.54) is 98.5 Å². The Morgan fingerprint density at radius 1 is 0.642 bits per heavy atom. The molecule has 0 unspecified atom stereocenters. The van der Waals surface area contributed by atoms with Crippen molar-refractivity contribution in [1.82, 2.24) is 78.0 Å². The molecule has 10 rings (SSSR count). The van der Waals surface area contributed by atoms with Gasteiger partial charge in [-0.05, 0) is 64.1 Å². The summed E-state index contributed by atoms with van der Waals surface area (Å²) in [7, 11) is 2.86. The number of fused-ring (bicyclic) bond motifs is 2. The molecule has 0 bridgehead atoms. The van der Waals surface area contributed by atoms with Crippen LogP contribution in [-0.4, -0.2) is 89.8 Å². The lowest BCUT2D eigenvalue weighted by atomic mass is 10.1. The van der Waals surface area contributed by atoms with Crippen LogP contribution in [0.4, 0.5) is 38.0 Å². The Hall–Kier alpha value is -10.0. The predicted octanol–water partition coefficient (Wildman–Crippen LogP) is 5.02. The van der Waals surface area contributed by atoms with Crippen LogP contribution in [0.5, 0.6) is 0 Å². The molecule has 0 spiro atoms.